The van der Waals surface area contributed by atoms with Crippen molar-refractivity contribution in [1.29, 1.82) is 0 Å². The fourth-order valence-corrected chi connectivity index (χ4v) is 0.862. The van der Waals surface area contributed by atoms with E-state index < -0.39 is 5.54 Å². The second-order valence-electron chi connectivity index (χ2n) is 3.48. The summed E-state index contributed by atoms with van der Waals surface area (Å²) in [6.45, 7) is 0.602. The van der Waals surface area contributed by atoms with E-state index in [9.17, 15) is 0 Å². The van der Waals surface area contributed by atoms with Crippen LogP contribution in [-0.2, 0) is 0 Å². The lowest BCUT2D eigenvalue weighted by molar-refractivity contribution is 0.0418. The van der Waals surface area contributed by atoms with E-state index in [-0.39, 0.29) is 19.8 Å². The molecule has 80 valence electrons. The number of nitrogens with one attached hydrogen (secondary N) is 1. The molecule has 0 aliphatic heterocycles. The number of hydrogen-bond donors (Lipinski definition) is 4. The third kappa shape index (κ3) is 4.54. The average molecular weight is 192 g/mol. The highest BCUT2D eigenvalue weighted by atomic mass is 16.3. The zero-order valence-corrected chi connectivity index (χ0v) is 8.32. The van der Waals surface area contributed by atoms with E-state index in [2.05, 4.69) is 5.32 Å². The lowest BCUT2D eigenvalue weighted by Crippen LogP contribution is -2.56. The SMILES string of the molecule is CN(C)CCNC(CO)(CO)CO. The zero-order chi connectivity index (χ0) is 10.3. The van der Waals surface area contributed by atoms with Crippen LogP contribution in [0.3, 0.4) is 0 Å². The Morgan fingerprint density at radius 2 is 1.54 bits per heavy atom. The molecule has 0 aromatic carbocycles. The van der Waals surface area contributed by atoms with E-state index in [0.717, 1.165) is 6.54 Å². The van der Waals surface area contributed by atoms with Gasteiger partial charge >= 0.3 is 0 Å². The number of aliphatic hydroxyl groups excluding tert-OH is 3. The molecule has 0 fully saturated rings. The molecule has 13 heavy (non-hydrogen) atoms. The largest absolute Gasteiger partial charge is 0.394 e. The van der Waals surface area contributed by atoms with Gasteiger partial charge in [-0.1, -0.05) is 0 Å². The second kappa shape index (κ2) is 6.28. The first-order valence-electron chi connectivity index (χ1n) is 4.32. The molecule has 0 aromatic rings. The Morgan fingerprint density at radius 1 is 1.08 bits per heavy atom. The molecular weight excluding hydrogens is 172 g/mol. The summed E-state index contributed by atoms with van der Waals surface area (Å²) >= 11 is 0. The second-order valence-corrected chi connectivity index (χ2v) is 3.48. The van der Waals surface area contributed by atoms with Crippen LogP contribution in [0.2, 0.25) is 0 Å². The van der Waals surface area contributed by atoms with Crippen LogP contribution in [0.15, 0.2) is 0 Å². The van der Waals surface area contributed by atoms with Crippen LogP contribution in [-0.4, -0.2) is 72.8 Å². The molecule has 4 N–H and O–H groups in total. The van der Waals surface area contributed by atoms with Crippen LogP contribution in [0.4, 0.5) is 0 Å². The molecule has 0 aliphatic rings. The van der Waals surface area contributed by atoms with Crippen molar-refractivity contribution in [2.45, 2.75) is 5.54 Å². The molecule has 5 heteroatoms. The van der Waals surface area contributed by atoms with Crippen LogP contribution in [0, 0.1) is 0 Å². The average Bonchev–Trinajstić information content (AvgIpc) is 2.13. The third-order valence-electron chi connectivity index (χ3n) is 1.97. The molecule has 0 aromatic heterocycles. The quantitative estimate of drug-likeness (QED) is 0.370. The van der Waals surface area contributed by atoms with Gasteiger partial charge in [0.15, 0.2) is 0 Å². The highest BCUT2D eigenvalue weighted by molar-refractivity contribution is 4.86. The molecule has 0 radical (unpaired) electrons. The van der Waals surface area contributed by atoms with E-state index in [1.54, 1.807) is 0 Å². The lowest BCUT2D eigenvalue weighted by Gasteiger charge is -2.29. The minimum Gasteiger partial charge on any atom is -0.394 e. The molecule has 0 saturated heterocycles. The molecule has 0 saturated carbocycles. The smallest absolute Gasteiger partial charge is 0.0882 e. The third-order valence-corrected chi connectivity index (χ3v) is 1.97. The normalized spacial score (nSPS) is 12.5. The van der Waals surface area contributed by atoms with Crippen LogP contribution in [0.1, 0.15) is 0 Å². The van der Waals surface area contributed by atoms with Gasteiger partial charge in [0, 0.05) is 13.1 Å². The molecule has 0 amide bonds. The summed E-state index contributed by atoms with van der Waals surface area (Å²) in [6, 6.07) is 0. The van der Waals surface area contributed by atoms with Crippen LogP contribution >= 0.6 is 0 Å². The highest BCUT2D eigenvalue weighted by Crippen LogP contribution is 2.00. The number of likely N-dealkylation sites (N-methyl/N-ethyl adjacent to an activating group) is 1. The minimum absolute atomic E-state index is 0.270. The summed E-state index contributed by atoms with van der Waals surface area (Å²) in [6.07, 6.45) is 0. The van der Waals surface area contributed by atoms with Crippen molar-refractivity contribution in [3.05, 3.63) is 0 Å². The monoisotopic (exact) mass is 192 g/mol. The maximum Gasteiger partial charge on any atom is 0.0882 e. The molecule has 0 spiro atoms. The zero-order valence-electron chi connectivity index (χ0n) is 8.32. The Kier molecular flexibility index (Phi) is 6.19. The molecule has 0 aliphatic carbocycles. The van der Waals surface area contributed by atoms with Gasteiger partial charge in [0.2, 0.25) is 0 Å². The van der Waals surface area contributed by atoms with Crippen LogP contribution in [0.5, 0.6) is 0 Å². The van der Waals surface area contributed by atoms with E-state index >= 15 is 0 Å². The Bertz CT molecular complexity index is 118. The molecule has 0 bridgehead atoms. The molecule has 0 heterocycles. The van der Waals surface area contributed by atoms with Crippen molar-refractivity contribution < 1.29 is 15.3 Å². The molecule has 5 nitrogen and oxygen atoms in total. The first kappa shape index (κ1) is 12.8. The molecule has 0 rings (SSSR count). The summed E-state index contributed by atoms with van der Waals surface area (Å²) in [4.78, 5) is 1.98. The number of aliphatic hydroxyl groups is 3. The standard InChI is InChI=1S/C8H20N2O3/c1-10(2)4-3-9-8(5-11,6-12)7-13/h9,11-13H,3-7H2,1-2H3. The van der Waals surface area contributed by atoms with Crippen molar-refractivity contribution in [1.82, 2.24) is 10.2 Å². The van der Waals surface area contributed by atoms with Crippen molar-refractivity contribution in [3.8, 4) is 0 Å². The Morgan fingerprint density at radius 3 is 1.85 bits per heavy atom. The van der Waals surface area contributed by atoms with Gasteiger partial charge in [-0.3, -0.25) is 0 Å². The summed E-state index contributed by atoms with van der Waals surface area (Å²) in [5, 5.41) is 29.8. The number of hydrogen-bond acceptors (Lipinski definition) is 5. The van der Waals surface area contributed by atoms with E-state index in [4.69, 9.17) is 15.3 Å². The summed E-state index contributed by atoms with van der Waals surface area (Å²) in [5.41, 5.74) is -0.948. The molecule has 0 unspecified atom stereocenters. The van der Waals surface area contributed by atoms with Crippen molar-refractivity contribution >= 4 is 0 Å². The van der Waals surface area contributed by atoms with Crippen LogP contribution in [0.25, 0.3) is 0 Å². The lowest BCUT2D eigenvalue weighted by atomic mass is 10.0. The fourth-order valence-electron chi connectivity index (χ4n) is 0.862. The van der Waals surface area contributed by atoms with Crippen LogP contribution < -0.4 is 5.32 Å². The Balaban J connectivity index is 3.81. The topological polar surface area (TPSA) is 76.0 Å². The highest BCUT2D eigenvalue weighted by Gasteiger charge is 2.26. The first-order valence-corrected chi connectivity index (χ1v) is 4.32. The molecule has 0 atom stereocenters. The van der Waals surface area contributed by atoms with E-state index in [1.807, 2.05) is 19.0 Å². The van der Waals surface area contributed by atoms with Gasteiger partial charge < -0.3 is 25.5 Å². The van der Waals surface area contributed by atoms with Gasteiger partial charge in [0.1, 0.15) is 0 Å². The predicted octanol–water partition coefficient (Wildman–Crippen LogP) is -2.15. The Hall–Kier alpha value is -0.200. The minimum atomic E-state index is -0.948. The first-order chi connectivity index (χ1) is 6.10. The van der Waals surface area contributed by atoms with Crippen molar-refractivity contribution in [3.63, 3.8) is 0 Å². The fraction of sp³-hybridized carbons (Fsp3) is 1.00. The van der Waals surface area contributed by atoms with Crippen molar-refractivity contribution in [2.24, 2.45) is 0 Å². The Labute approximate surface area is 79.0 Å². The van der Waals surface area contributed by atoms with Gasteiger partial charge in [0.25, 0.3) is 0 Å². The van der Waals surface area contributed by atoms with E-state index in [1.165, 1.54) is 0 Å². The number of nitrogens with zero attached hydrogens (tertiary/aromatic N) is 1. The summed E-state index contributed by atoms with van der Waals surface area (Å²) in [5.74, 6) is 0. The van der Waals surface area contributed by atoms with E-state index in [0.29, 0.717) is 6.54 Å². The summed E-state index contributed by atoms with van der Waals surface area (Å²) in [7, 11) is 3.86. The maximum absolute atomic E-state index is 8.95. The summed E-state index contributed by atoms with van der Waals surface area (Å²) < 4.78 is 0. The maximum atomic E-state index is 8.95. The van der Waals surface area contributed by atoms with Gasteiger partial charge in [0.05, 0.1) is 25.4 Å². The predicted molar refractivity (Wildman–Crippen MR) is 50.5 cm³/mol. The van der Waals surface area contributed by atoms with Gasteiger partial charge in [-0.25, -0.2) is 0 Å². The van der Waals surface area contributed by atoms with Crippen molar-refractivity contribution in [2.75, 3.05) is 47.0 Å². The number of rotatable bonds is 7. The van der Waals surface area contributed by atoms with Gasteiger partial charge in [-0.15, -0.1) is 0 Å². The van der Waals surface area contributed by atoms with Gasteiger partial charge in [-0.2, -0.15) is 0 Å². The molecular formula is C8H20N2O3. The van der Waals surface area contributed by atoms with Gasteiger partial charge in [-0.05, 0) is 14.1 Å².